The minimum Gasteiger partial charge on any atom is -0.330 e. The van der Waals surface area contributed by atoms with Gasteiger partial charge in [0.1, 0.15) is 0 Å². The molecule has 0 unspecified atom stereocenters. The van der Waals surface area contributed by atoms with Crippen molar-refractivity contribution in [1.29, 1.82) is 0 Å². The van der Waals surface area contributed by atoms with Gasteiger partial charge in [0.15, 0.2) is 0 Å². The van der Waals surface area contributed by atoms with Crippen molar-refractivity contribution in [3.8, 4) is 0 Å². The number of unbranched alkanes of at least 4 members (excludes halogenated alkanes) is 1. The normalized spacial score (nSPS) is 12.0. The van der Waals surface area contributed by atoms with Gasteiger partial charge in [-0.15, -0.1) is 0 Å². The van der Waals surface area contributed by atoms with Gasteiger partial charge in [-0.1, -0.05) is 57.2 Å². The Morgan fingerprint density at radius 1 is 1.00 bits per heavy atom. The number of nitrogens with zero attached hydrogens (tertiary/aromatic N) is 1. The molecule has 2 rings (SSSR count). The summed E-state index contributed by atoms with van der Waals surface area (Å²) >= 11 is 0. The second-order valence-corrected chi connectivity index (χ2v) is 7.19. The predicted octanol–water partition coefficient (Wildman–Crippen LogP) is 4.06. The van der Waals surface area contributed by atoms with Gasteiger partial charge < -0.3 is 10.3 Å². The Morgan fingerprint density at radius 2 is 1.67 bits per heavy atom. The summed E-state index contributed by atoms with van der Waals surface area (Å²) in [5, 5.41) is 0. The first-order valence-electron chi connectivity index (χ1n) is 8.59. The number of aryl methyl sites for hydroxylation is 1. The zero-order valence-corrected chi connectivity index (χ0v) is 15.0. The molecule has 0 spiro atoms. The highest BCUT2D eigenvalue weighted by Crippen LogP contribution is 2.22. The van der Waals surface area contributed by atoms with Crippen molar-refractivity contribution in [2.45, 2.75) is 45.6 Å². The van der Waals surface area contributed by atoms with Crippen molar-refractivity contribution in [1.82, 2.24) is 4.57 Å². The predicted molar refractivity (Wildman–Crippen MR) is 103 cm³/mol. The molecule has 0 aliphatic carbocycles. The number of hydrogen-bond donors (Lipinski definition) is 1. The molecule has 2 N–H and O–H groups in total. The van der Waals surface area contributed by atoms with Crippen LogP contribution in [0.15, 0.2) is 47.4 Å². The van der Waals surface area contributed by atoms with Crippen LogP contribution < -0.4 is 11.3 Å². The van der Waals surface area contributed by atoms with E-state index >= 15 is 0 Å². The van der Waals surface area contributed by atoms with Crippen molar-refractivity contribution in [2.75, 3.05) is 6.54 Å². The van der Waals surface area contributed by atoms with E-state index in [9.17, 15) is 4.79 Å². The monoisotopic (exact) mass is 324 g/mol. The van der Waals surface area contributed by atoms with Gasteiger partial charge in [-0.3, -0.25) is 4.79 Å². The van der Waals surface area contributed by atoms with Gasteiger partial charge in [0.25, 0.3) is 5.56 Å². The summed E-state index contributed by atoms with van der Waals surface area (Å²) in [6, 6.07) is 12.2. The van der Waals surface area contributed by atoms with Crippen LogP contribution in [0.5, 0.6) is 0 Å². The summed E-state index contributed by atoms with van der Waals surface area (Å²) in [5.74, 6) is 0. The van der Waals surface area contributed by atoms with Crippen LogP contribution in [-0.4, -0.2) is 11.1 Å². The maximum absolute atomic E-state index is 12.1. The fourth-order valence-corrected chi connectivity index (χ4v) is 2.52. The molecule has 0 aliphatic rings. The SMILES string of the molecule is CC(C)(C)c1ccc(/C=C/c2ccn(CCCCN)c(=O)c2)cc1. The third-order valence-corrected chi connectivity index (χ3v) is 4.12. The molecule has 0 amide bonds. The van der Waals surface area contributed by atoms with Gasteiger partial charge in [-0.2, -0.15) is 0 Å². The van der Waals surface area contributed by atoms with Gasteiger partial charge in [0.2, 0.25) is 0 Å². The van der Waals surface area contributed by atoms with Crippen LogP contribution in [-0.2, 0) is 12.0 Å². The molecule has 3 nitrogen and oxygen atoms in total. The molecule has 0 saturated heterocycles. The fraction of sp³-hybridized carbons (Fsp3) is 0.381. The molecule has 24 heavy (non-hydrogen) atoms. The van der Waals surface area contributed by atoms with E-state index in [2.05, 4.69) is 45.0 Å². The minimum atomic E-state index is 0.0391. The number of pyridine rings is 1. The lowest BCUT2D eigenvalue weighted by atomic mass is 9.87. The number of aromatic nitrogens is 1. The van der Waals surface area contributed by atoms with E-state index in [1.165, 1.54) is 5.56 Å². The van der Waals surface area contributed by atoms with Crippen molar-refractivity contribution < 1.29 is 0 Å². The topological polar surface area (TPSA) is 48.0 Å². The summed E-state index contributed by atoms with van der Waals surface area (Å²) in [6.45, 7) is 8.03. The van der Waals surface area contributed by atoms with Gasteiger partial charge in [0, 0.05) is 18.8 Å². The van der Waals surface area contributed by atoms with E-state index in [-0.39, 0.29) is 11.0 Å². The highest BCUT2D eigenvalue weighted by atomic mass is 16.1. The maximum Gasteiger partial charge on any atom is 0.251 e. The maximum atomic E-state index is 12.1. The molecule has 0 aliphatic heterocycles. The molecular formula is C21H28N2O. The Bertz CT molecular complexity index is 734. The molecule has 0 saturated carbocycles. The number of benzene rings is 1. The standard InChI is InChI=1S/C21H28N2O/c1-21(2,3)19-10-8-17(9-11-19)6-7-18-12-15-23(20(24)16-18)14-5-4-13-22/h6-12,15-16H,4-5,13-14,22H2,1-3H3/b7-6+. The third kappa shape index (κ3) is 5.20. The first-order valence-corrected chi connectivity index (χ1v) is 8.59. The summed E-state index contributed by atoms with van der Waals surface area (Å²) in [5.41, 5.74) is 9.07. The van der Waals surface area contributed by atoms with Crippen LogP contribution in [0.3, 0.4) is 0 Å². The average molecular weight is 324 g/mol. The summed E-state index contributed by atoms with van der Waals surface area (Å²) in [7, 11) is 0. The van der Waals surface area contributed by atoms with Crippen molar-refractivity contribution >= 4 is 12.2 Å². The van der Waals surface area contributed by atoms with Crippen LogP contribution in [0.2, 0.25) is 0 Å². The van der Waals surface area contributed by atoms with Crippen LogP contribution in [0.4, 0.5) is 0 Å². The average Bonchev–Trinajstić information content (AvgIpc) is 2.54. The molecule has 0 bridgehead atoms. The lowest BCUT2D eigenvalue weighted by molar-refractivity contribution is 0.590. The first-order chi connectivity index (χ1) is 11.4. The van der Waals surface area contributed by atoms with Gasteiger partial charge in [-0.25, -0.2) is 0 Å². The van der Waals surface area contributed by atoms with Gasteiger partial charge >= 0.3 is 0 Å². The molecule has 1 heterocycles. The summed E-state index contributed by atoms with van der Waals surface area (Å²) in [6.07, 6.45) is 7.77. The van der Waals surface area contributed by atoms with Crippen LogP contribution >= 0.6 is 0 Å². The zero-order chi connectivity index (χ0) is 17.6. The van der Waals surface area contributed by atoms with Crippen LogP contribution in [0.25, 0.3) is 12.2 Å². The van der Waals surface area contributed by atoms with Crippen LogP contribution in [0.1, 0.15) is 50.3 Å². The molecule has 3 heteroatoms. The molecule has 1 aromatic heterocycles. The molecule has 0 radical (unpaired) electrons. The number of rotatable bonds is 6. The van der Waals surface area contributed by atoms with E-state index in [4.69, 9.17) is 5.73 Å². The molecular weight excluding hydrogens is 296 g/mol. The quantitative estimate of drug-likeness (QED) is 0.815. The van der Waals surface area contributed by atoms with Crippen molar-refractivity contribution in [2.24, 2.45) is 5.73 Å². The largest absolute Gasteiger partial charge is 0.330 e. The Kier molecular flexibility index (Phi) is 6.16. The Hall–Kier alpha value is -2.13. The molecule has 1 aromatic carbocycles. The van der Waals surface area contributed by atoms with E-state index in [0.29, 0.717) is 6.54 Å². The number of nitrogens with two attached hydrogens (primary N) is 1. The van der Waals surface area contributed by atoms with Crippen LogP contribution in [0, 0.1) is 0 Å². The minimum absolute atomic E-state index is 0.0391. The van der Waals surface area contributed by atoms with E-state index in [1.807, 2.05) is 24.4 Å². The fourth-order valence-electron chi connectivity index (χ4n) is 2.52. The summed E-state index contributed by atoms with van der Waals surface area (Å²) in [4.78, 5) is 12.1. The highest BCUT2D eigenvalue weighted by molar-refractivity contribution is 5.69. The second-order valence-electron chi connectivity index (χ2n) is 7.19. The molecule has 0 atom stereocenters. The molecule has 2 aromatic rings. The Morgan fingerprint density at radius 3 is 2.25 bits per heavy atom. The van der Waals surface area contributed by atoms with Crippen molar-refractivity contribution in [3.63, 3.8) is 0 Å². The van der Waals surface area contributed by atoms with Crippen molar-refractivity contribution in [3.05, 3.63) is 69.6 Å². The summed E-state index contributed by atoms with van der Waals surface area (Å²) < 4.78 is 1.74. The van der Waals surface area contributed by atoms with Gasteiger partial charge in [0.05, 0.1) is 0 Å². The van der Waals surface area contributed by atoms with E-state index in [1.54, 1.807) is 10.6 Å². The third-order valence-electron chi connectivity index (χ3n) is 4.12. The Labute approximate surface area is 144 Å². The first kappa shape index (κ1) is 18.2. The number of hydrogen-bond acceptors (Lipinski definition) is 2. The lowest BCUT2D eigenvalue weighted by Gasteiger charge is -2.18. The van der Waals surface area contributed by atoms with E-state index in [0.717, 1.165) is 30.5 Å². The van der Waals surface area contributed by atoms with E-state index < -0.39 is 0 Å². The molecule has 128 valence electrons. The molecule has 0 fully saturated rings. The smallest absolute Gasteiger partial charge is 0.251 e. The van der Waals surface area contributed by atoms with Gasteiger partial charge in [-0.05, 0) is 47.6 Å². The highest BCUT2D eigenvalue weighted by Gasteiger charge is 2.12. The second kappa shape index (κ2) is 8.11. The Balaban J connectivity index is 2.06. The zero-order valence-electron chi connectivity index (χ0n) is 15.0. The lowest BCUT2D eigenvalue weighted by Crippen LogP contribution is -2.19.